The first-order valence-corrected chi connectivity index (χ1v) is 6.51. The van der Waals surface area contributed by atoms with Crippen molar-refractivity contribution in [2.45, 2.75) is 12.5 Å². The number of fused-ring (bicyclic) bond motifs is 1. The Labute approximate surface area is 114 Å². The zero-order chi connectivity index (χ0) is 12.6. The van der Waals surface area contributed by atoms with Gasteiger partial charge in [-0.05, 0) is 33.6 Å². The van der Waals surface area contributed by atoms with Gasteiger partial charge in [-0.3, -0.25) is 4.79 Å². The number of benzene rings is 1. The molecule has 0 amide bonds. The molecule has 1 aromatic heterocycles. The summed E-state index contributed by atoms with van der Waals surface area (Å²) in [7, 11) is 0. The van der Waals surface area contributed by atoms with Gasteiger partial charge in [0.25, 0.3) is 0 Å². The molecular formula is C11H10Br2N2O2. The van der Waals surface area contributed by atoms with Crippen LogP contribution in [0.25, 0.3) is 10.9 Å². The van der Waals surface area contributed by atoms with Crippen LogP contribution in [-0.2, 0) is 11.2 Å². The van der Waals surface area contributed by atoms with Gasteiger partial charge in [0, 0.05) is 26.9 Å². The maximum atomic E-state index is 10.7. The van der Waals surface area contributed by atoms with Crippen molar-refractivity contribution >= 4 is 48.7 Å². The van der Waals surface area contributed by atoms with Gasteiger partial charge in [0.1, 0.15) is 6.04 Å². The molecule has 0 aliphatic carbocycles. The highest BCUT2D eigenvalue weighted by atomic mass is 79.9. The Morgan fingerprint density at radius 3 is 2.82 bits per heavy atom. The lowest BCUT2D eigenvalue weighted by molar-refractivity contribution is -0.138. The van der Waals surface area contributed by atoms with Crippen LogP contribution in [0.15, 0.2) is 27.3 Å². The van der Waals surface area contributed by atoms with E-state index in [2.05, 4.69) is 36.8 Å². The molecule has 17 heavy (non-hydrogen) atoms. The zero-order valence-corrected chi connectivity index (χ0v) is 11.9. The molecule has 4 N–H and O–H groups in total. The number of aromatic nitrogens is 1. The van der Waals surface area contributed by atoms with Crippen LogP contribution in [-0.4, -0.2) is 22.1 Å². The van der Waals surface area contributed by atoms with Gasteiger partial charge in [0.15, 0.2) is 0 Å². The highest BCUT2D eigenvalue weighted by Crippen LogP contribution is 2.30. The van der Waals surface area contributed by atoms with Gasteiger partial charge in [0.2, 0.25) is 0 Å². The van der Waals surface area contributed by atoms with Gasteiger partial charge in [-0.25, -0.2) is 0 Å². The van der Waals surface area contributed by atoms with Crippen molar-refractivity contribution in [1.82, 2.24) is 4.98 Å². The van der Waals surface area contributed by atoms with Crippen molar-refractivity contribution in [3.63, 3.8) is 0 Å². The molecule has 1 unspecified atom stereocenters. The molecule has 1 aromatic carbocycles. The number of nitrogens with two attached hydrogens (primary N) is 1. The number of halogens is 2. The summed E-state index contributed by atoms with van der Waals surface area (Å²) in [4.78, 5) is 13.9. The van der Waals surface area contributed by atoms with Crippen LogP contribution in [0.3, 0.4) is 0 Å². The number of carboxylic acid groups (broad SMARTS) is 1. The second-order valence-electron chi connectivity index (χ2n) is 3.77. The van der Waals surface area contributed by atoms with Gasteiger partial charge >= 0.3 is 5.97 Å². The maximum absolute atomic E-state index is 10.7. The van der Waals surface area contributed by atoms with Crippen molar-refractivity contribution in [3.8, 4) is 0 Å². The van der Waals surface area contributed by atoms with Crippen LogP contribution in [0.5, 0.6) is 0 Å². The first-order chi connectivity index (χ1) is 7.99. The number of aromatic amines is 1. The summed E-state index contributed by atoms with van der Waals surface area (Å²) in [5.74, 6) is -0.992. The molecule has 4 nitrogen and oxygen atoms in total. The average Bonchev–Trinajstić information content (AvgIpc) is 2.61. The number of carbonyl (C=O) groups is 1. The summed E-state index contributed by atoms with van der Waals surface area (Å²) in [6, 6.07) is 2.99. The predicted molar refractivity (Wildman–Crippen MR) is 73.0 cm³/mol. The van der Waals surface area contributed by atoms with Crippen molar-refractivity contribution < 1.29 is 9.90 Å². The van der Waals surface area contributed by atoms with Crippen molar-refractivity contribution in [1.29, 1.82) is 0 Å². The van der Waals surface area contributed by atoms with Crippen LogP contribution in [0.1, 0.15) is 5.56 Å². The minimum absolute atomic E-state index is 0.304. The minimum Gasteiger partial charge on any atom is -0.480 e. The number of hydrogen-bond donors (Lipinski definition) is 3. The number of rotatable bonds is 3. The first-order valence-electron chi connectivity index (χ1n) is 4.92. The van der Waals surface area contributed by atoms with E-state index in [1.807, 2.05) is 12.1 Å². The third-order valence-corrected chi connectivity index (χ3v) is 3.63. The number of nitrogens with one attached hydrogen (secondary N) is 1. The zero-order valence-electron chi connectivity index (χ0n) is 8.71. The Balaban J connectivity index is 2.45. The molecule has 0 fully saturated rings. The monoisotopic (exact) mass is 360 g/mol. The van der Waals surface area contributed by atoms with E-state index in [1.54, 1.807) is 6.20 Å². The first kappa shape index (κ1) is 12.6. The highest BCUT2D eigenvalue weighted by molar-refractivity contribution is 9.11. The van der Waals surface area contributed by atoms with E-state index in [-0.39, 0.29) is 0 Å². The molecule has 6 heteroatoms. The average molecular weight is 362 g/mol. The van der Waals surface area contributed by atoms with Crippen LogP contribution in [0.4, 0.5) is 0 Å². The maximum Gasteiger partial charge on any atom is 0.320 e. The van der Waals surface area contributed by atoms with Crippen molar-refractivity contribution in [2.24, 2.45) is 5.73 Å². The van der Waals surface area contributed by atoms with Crippen LogP contribution in [0.2, 0.25) is 0 Å². The molecule has 0 radical (unpaired) electrons. The van der Waals surface area contributed by atoms with Gasteiger partial charge < -0.3 is 15.8 Å². The summed E-state index contributed by atoms with van der Waals surface area (Å²) in [6.07, 6.45) is 2.10. The summed E-state index contributed by atoms with van der Waals surface area (Å²) < 4.78 is 1.86. The van der Waals surface area contributed by atoms with Gasteiger partial charge in [-0.15, -0.1) is 0 Å². The molecule has 0 bridgehead atoms. The fourth-order valence-corrected chi connectivity index (χ4v) is 3.04. The van der Waals surface area contributed by atoms with E-state index < -0.39 is 12.0 Å². The number of hydrogen-bond acceptors (Lipinski definition) is 2. The lowest BCUT2D eigenvalue weighted by Gasteiger charge is -2.05. The van der Waals surface area contributed by atoms with E-state index in [0.29, 0.717) is 6.42 Å². The Bertz CT molecular complexity index is 580. The van der Waals surface area contributed by atoms with E-state index >= 15 is 0 Å². The third kappa shape index (κ3) is 2.53. The Hall–Kier alpha value is -0.850. The van der Waals surface area contributed by atoms with Crippen molar-refractivity contribution in [3.05, 3.63) is 32.8 Å². The number of aliphatic carboxylic acids is 1. The Morgan fingerprint density at radius 1 is 1.47 bits per heavy atom. The molecule has 0 aliphatic rings. The molecule has 0 aliphatic heterocycles. The topological polar surface area (TPSA) is 79.1 Å². The quantitative estimate of drug-likeness (QED) is 0.786. The second-order valence-corrected chi connectivity index (χ2v) is 5.54. The molecule has 2 aromatic rings. The molecule has 1 atom stereocenters. The van der Waals surface area contributed by atoms with E-state index in [0.717, 1.165) is 25.4 Å². The van der Waals surface area contributed by atoms with Gasteiger partial charge in [0.05, 0.1) is 5.52 Å². The van der Waals surface area contributed by atoms with E-state index in [9.17, 15) is 4.79 Å². The summed E-state index contributed by atoms with van der Waals surface area (Å²) in [5.41, 5.74) is 7.38. The molecule has 1 heterocycles. The molecular weight excluding hydrogens is 352 g/mol. The van der Waals surface area contributed by atoms with Crippen LogP contribution >= 0.6 is 31.9 Å². The summed E-state index contributed by atoms with van der Waals surface area (Å²) >= 11 is 6.85. The summed E-state index contributed by atoms with van der Waals surface area (Å²) in [6.45, 7) is 0. The van der Waals surface area contributed by atoms with Crippen LogP contribution < -0.4 is 5.73 Å². The second kappa shape index (κ2) is 4.80. The van der Waals surface area contributed by atoms with E-state index in [4.69, 9.17) is 10.8 Å². The minimum atomic E-state index is -0.992. The smallest absolute Gasteiger partial charge is 0.320 e. The third-order valence-electron chi connectivity index (χ3n) is 2.55. The van der Waals surface area contributed by atoms with Gasteiger partial charge in [-0.2, -0.15) is 0 Å². The number of carboxylic acids is 1. The van der Waals surface area contributed by atoms with Crippen molar-refractivity contribution in [2.75, 3.05) is 0 Å². The lowest BCUT2D eigenvalue weighted by Crippen LogP contribution is -2.32. The number of H-pyrrole nitrogens is 1. The molecule has 0 saturated carbocycles. The molecule has 0 spiro atoms. The van der Waals surface area contributed by atoms with Crippen LogP contribution in [0, 0.1) is 0 Å². The summed E-state index contributed by atoms with van der Waals surface area (Å²) in [5, 5.41) is 9.78. The Morgan fingerprint density at radius 2 is 2.18 bits per heavy atom. The molecule has 2 rings (SSSR count). The standard InChI is InChI=1S/C11H10Br2N2O2/c12-6-2-7-5(1-9(14)11(16)17)4-15-10(7)8(13)3-6/h2-4,9,15H,1,14H2,(H,16,17). The largest absolute Gasteiger partial charge is 0.480 e. The lowest BCUT2D eigenvalue weighted by atomic mass is 10.1. The normalized spacial score (nSPS) is 12.9. The fourth-order valence-electron chi connectivity index (χ4n) is 1.70. The Kier molecular flexibility index (Phi) is 3.56. The highest BCUT2D eigenvalue weighted by Gasteiger charge is 2.15. The van der Waals surface area contributed by atoms with Gasteiger partial charge in [-0.1, -0.05) is 15.9 Å². The predicted octanol–water partition coefficient (Wildman–Crippen LogP) is 2.65. The molecule has 0 saturated heterocycles. The molecule has 90 valence electrons. The fraction of sp³-hybridized carbons (Fsp3) is 0.182. The SMILES string of the molecule is NC(Cc1c[nH]c2c(Br)cc(Br)cc12)C(=O)O. The van der Waals surface area contributed by atoms with E-state index in [1.165, 1.54) is 0 Å².